The maximum absolute atomic E-state index is 13.0. The number of aryl methyl sites for hydroxylation is 1. The van der Waals surface area contributed by atoms with Gasteiger partial charge in [0.1, 0.15) is 6.07 Å². The third-order valence-corrected chi connectivity index (χ3v) is 8.22. The second-order valence-corrected chi connectivity index (χ2v) is 10.0. The van der Waals surface area contributed by atoms with E-state index in [9.17, 15) is 18.5 Å². The van der Waals surface area contributed by atoms with Gasteiger partial charge in [-0.15, -0.1) is 0 Å². The Kier molecular flexibility index (Phi) is 6.26. The van der Waals surface area contributed by atoms with Crippen molar-refractivity contribution < 1.29 is 13.2 Å². The molecule has 170 valence electrons. The average Bonchev–Trinajstić information content (AvgIpc) is 3.11. The van der Waals surface area contributed by atoms with Gasteiger partial charge < -0.3 is 4.90 Å². The molecule has 0 radical (unpaired) electrons. The van der Waals surface area contributed by atoms with Gasteiger partial charge in [0.05, 0.1) is 32.6 Å². The van der Waals surface area contributed by atoms with E-state index in [-0.39, 0.29) is 42.5 Å². The summed E-state index contributed by atoms with van der Waals surface area (Å²) in [6.45, 7) is 4.57. The zero-order valence-corrected chi connectivity index (χ0v) is 19.8. The molecule has 1 fully saturated rings. The lowest BCUT2D eigenvalue weighted by atomic mass is 10.1. The third-order valence-electron chi connectivity index (χ3n) is 5.71. The molecule has 0 bridgehead atoms. The Balaban J connectivity index is 1.45. The highest BCUT2D eigenvalue weighted by Gasteiger charge is 2.31. The van der Waals surface area contributed by atoms with Gasteiger partial charge in [-0.25, -0.2) is 13.1 Å². The summed E-state index contributed by atoms with van der Waals surface area (Å²) < 4.78 is 29.0. The number of aromatic nitrogens is 2. The van der Waals surface area contributed by atoms with Crippen LogP contribution in [0.2, 0.25) is 5.02 Å². The fourth-order valence-corrected chi connectivity index (χ4v) is 5.54. The molecule has 0 unspecified atom stereocenters. The zero-order chi connectivity index (χ0) is 23.8. The van der Waals surface area contributed by atoms with E-state index in [4.69, 9.17) is 11.6 Å². The standard InChI is InChI=1S/C23H22ClN5O3S/c1-16-22(24)17(2)29(26-16)20-9-7-18(8-10-20)23(30)27-11-13-28(14-12-27)33(31,32)21-6-4-3-5-19(21)15-25/h3-10H,11-14H2,1-2H3. The number of rotatable bonds is 4. The van der Waals surface area contributed by atoms with Crippen molar-refractivity contribution in [1.82, 2.24) is 19.0 Å². The van der Waals surface area contributed by atoms with Gasteiger partial charge in [-0.05, 0) is 50.2 Å². The molecule has 8 nitrogen and oxygen atoms in total. The summed E-state index contributed by atoms with van der Waals surface area (Å²) >= 11 is 6.22. The number of halogens is 1. The number of amides is 1. The number of carbonyl (C=O) groups is 1. The Morgan fingerprint density at radius 1 is 1.03 bits per heavy atom. The lowest BCUT2D eigenvalue weighted by Gasteiger charge is -2.34. The van der Waals surface area contributed by atoms with E-state index >= 15 is 0 Å². The Morgan fingerprint density at radius 3 is 2.24 bits per heavy atom. The van der Waals surface area contributed by atoms with Crippen LogP contribution >= 0.6 is 11.6 Å². The molecule has 2 aromatic carbocycles. The molecule has 0 spiro atoms. The van der Waals surface area contributed by atoms with Gasteiger partial charge in [0.25, 0.3) is 5.91 Å². The highest BCUT2D eigenvalue weighted by Crippen LogP contribution is 2.24. The second-order valence-electron chi connectivity index (χ2n) is 7.75. The van der Waals surface area contributed by atoms with E-state index < -0.39 is 10.0 Å². The molecule has 0 N–H and O–H groups in total. The molecule has 1 amide bonds. The Morgan fingerprint density at radius 2 is 1.67 bits per heavy atom. The van der Waals surface area contributed by atoms with Crippen molar-refractivity contribution >= 4 is 27.5 Å². The lowest BCUT2D eigenvalue weighted by molar-refractivity contribution is 0.0698. The van der Waals surface area contributed by atoms with E-state index in [2.05, 4.69) is 5.10 Å². The third kappa shape index (κ3) is 4.25. The van der Waals surface area contributed by atoms with Crippen LogP contribution in [-0.2, 0) is 10.0 Å². The normalized spacial score (nSPS) is 14.8. The number of nitriles is 1. The van der Waals surface area contributed by atoms with Crippen LogP contribution in [0.5, 0.6) is 0 Å². The van der Waals surface area contributed by atoms with E-state index in [1.165, 1.54) is 16.4 Å². The number of benzene rings is 2. The molecule has 10 heteroatoms. The molecule has 1 aliphatic heterocycles. The van der Waals surface area contributed by atoms with Gasteiger partial charge in [-0.2, -0.15) is 14.7 Å². The van der Waals surface area contributed by atoms with Crippen molar-refractivity contribution in [1.29, 1.82) is 5.26 Å². The summed E-state index contributed by atoms with van der Waals surface area (Å²) in [6.07, 6.45) is 0. The fourth-order valence-electron chi connectivity index (χ4n) is 3.86. The predicted molar refractivity (Wildman–Crippen MR) is 124 cm³/mol. The van der Waals surface area contributed by atoms with E-state index in [0.29, 0.717) is 10.6 Å². The van der Waals surface area contributed by atoms with E-state index in [1.54, 1.807) is 33.8 Å². The molecule has 0 atom stereocenters. The van der Waals surface area contributed by atoms with Crippen LogP contribution in [0.1, 0.15) is 27.3 Å². The SMILES string of the molecule is Cc1nn(-c2ccc(C(=O)N3CCN(S(=O)(=O)c4ccccc4C#N)CC3)cc2)c(C)c1Cl. The summed E-state index contributed by atoms with van der Waals surface area (Å²) in [5, 5.41) is 14.3. The molecule has 1 aliphatic rings. The maximum atomic E-state index is 13.0. The van der Waals surface area contributed by atoms with Crippen molar-refractivity contribution in [3.63, 3.8) is 0 Å². The summed E-state index contributed by atoms with van der Waals surface area (Å²) in [5.41, 5.74) is 2.98. The van der Waals surface area contributed by atoms with Crippen molar-refractivity contribution in [3.8, 4) is 11.8 Å². The van der Waals surface area contributed by atoms with Gasteiger partial charge in [-0.1, -0.05) is 23.7 Å². The predicted octanol–water partition coefficient (Wildman–Crippen LogP) is 3.16. The molecule has 4 rings (SSSR count). The van der Waals surface area contributed by atoms with Gasteiger partial charge >= 0.3 is 0 Å². The molecule has 33 heavy (non-hydrogen) atoms. The van der Waals surface area contributed by atoms with Crippen LogP contribution in [0.25, 0.3) is 5.69 Å². The van der Waals surface area contributed by atoms with Crippen LogP contribution in [0.15, 0.2) is 53.4 Å². The van der Waals surface area contributed by atoms with Crippen LogP contribution in [-0.4, -0.2) is 59.5 Å². The van der Waals surface area contributed by atoms with Crippen LogP contribution < -0.4 is 0 Å². The van der Waals surface area contributed by atoms with Crippen molar-refractivity contribution in [2.24, 2.45) is 0 Å². The minimum Gasteiger partial charge on any atom is -0.336 e. The van der Waals surface area contributed by atoms with E-state index in [1.807, 2.05) is 32.0 Å². The van der Waals surface area contributed by atoms with Crippen molar-refractivity contribution in [3.05, 3.63) is 76.1 Å². The van der Waals surface area contributed by atoms with Gasteiger partial charge in [0.2, 0.25) is 10.0 Å². The molecule has 0 saturated carbocycles. The Hall–Kier alpha value is -3.19. The number of hydrogen-bond acceptors (Lipinski definition) is 5. The zero-order valence-electron chi connectivity index (χ0n) is 18.2. The first-order chi connectivity index (χ1) is 15.7. The molecule has 3 aromatic rings. The molecule has 2 heterocycles. The fraction of sp³-hybridized carbons (Fsp3) is 0.261. The highest BCUT2D eigenvalue weighted by atomic mass is 35.5. The first-order valence-electron chi connectivity index (χ1n) is 10.3. The average molecular weight is 484 g/mol. The second kappa shape index (κ2) is 8.98. The first-order valence-corrected chi connectivity index (χ1v) is 12.2. The lowest BCUT2D eigenvalue weighted by Crippen LogP contribution is -2.50. The van der Waals surface area contributed by atoms with Gasteiger partial charge in [-0.3, -0.25) is 4.79 Å². The largest absolute Gasteiger partial charge is 0.336 e. The number of hydrogen-bond donors (Lipinski definition) is 0. The quantitative estimate of drug-likeness (QED) is 0.567. The summed E-state index contributed by atoms with van der Waals surface area (Å²) in [4.78, 5) is 14.6. The van der Waals surface area contributed by atoms with Crippen LogP contribution in [0, 0.1) is 25.2 Å². The number of carbonyl (C=O) groups excluding carboxylic acids is 1. The number of sulfonamides is 1. The minimum absolute atomic E-state index is 0.00730. The first kappa shape index (κ1) is 23.0. The molecule has 0 aliphatic carbocycles. The molecule has 1 aromatic heterocycles. The number of nitrogens with zero attached hydrogens (tertiary/aromatic N) is 5. The summed E-state index contributed by atoms with van der Waals surface area (Å²) in [5.74, 6) is -0.164. The van der Waals surface area contributed by atoms with Gasteiger partial charge in [0.15, 0.2) is 0 Å². The molecular formula is C23H22ClN5O3S. The number of piperazine rings is 1. The van der Waals surface area contributed by atoms with Crippen molar-refractivity contribution in [2.45, 2.75) is 18.7 Å². The van der Waals surface area contributed by atoms with E-state index in [0.717, 1.165) is 17.1 Å². The minimum atomic E-state index is -3.81. The monoisotopic (exact) mass is 483 g/mol. The Bertz CT molecular complexity index is 1350. The summed E-state index contributed by atoms with van der Waals surface area (Å²) in [6, 6.07) is 15.1. The topological polar surface area (TPSA) is 99.3 Å². The van der Waals surface area contributed by atoms with Crippen molar-refractivity contribution in [2.75, 3.05) is 26.2 Å². The van der Waals surface area contributed by atoms with Crippen LogP contribution in [0.4, 0.5) is 0 Å². The maximum Gasteiger partial charge on any atom is 0.253 e. The Labute approximate surface area is 197 Å². The van der Waals surface area contributed by atoms with Crippen LogP contribution in [0.3, 0.4) is 0 Å². The van der Waals surface area contributed by atoms with Gasteiger partial charge in [0, 0.05) is 31.7 Å². The smallest absolute Gasteiger partial charge is 0.253 e. The summed E-state index contributed by atoms with van der Waals surface area (Å²) in [7, 11) is -3.81. The molecule has 1 saturated heterocycles. The molecular weight excluding hydrogens is 462 g/mol. The highest BCUT2D eigenvalue weighted by molar-refractivity contribution is 7.89.